The first-order valence-corrected chi connectivity index (χ1v) is 5.91. The Bertz CT molecular complexity index is 509. The third kappa shape index (κ3) is 2.87. The molecular weight excluding hydrogens is 228 g/mol. The highest BCUT2D eigenvalue weighted by Gasteiger charge is 2.07. The Balaban J connectivity index is 1.99. The molecule has 96 valence electrons. The van der Waals surface area contributed by atoms with Crippen LogP contribution in [0.5, 0.6) is 5.75 Å². The summed E-state index contributed by atoms with van der Waals surface area (Å²) >= 11 is 0. The third-order valence-corrected chi connectivity index (χ3v) is 2.97. The number of aromatic nitrogens is 3. The van der Waals surface area contributed by atoms with E-state index in [0.717, 1.165) is 11.6 Å². The molecule has 0 radical (unpaired) electrons. The van der Waals surface area contributed by atoms with Crippen LogP contribution in [0.2, 0.25) is 0 Å². The SMILES string of the molecule is COc1cccc([C@@H](C)NCc2ncnn2C)c1. The van der Waals surface area contributed by atoms with Crippen LogP contribution in [-0.2, 0) is 13.6 Å². The van der Waals surface area contributed by atoms with Gasteiger partial charge in [0.2, 0.25) is 0 Å². The summed E-state index contributed by atoms with van der Waals surface area (Å²) in [7, 11) is 3.57. The predicted octanol–water partition coefficient (Wildman–Crippen LogP) is 1.67. The molecule has 0 aliphatic heterocycles. The number of methoxy groups -OCH3 is 1. The van der Waals surface area contributed by atoms with Crippen LogP contribution in [-0.4, -0.2) is 21.9 Å². The van der Waals surface area contributed by atoms with Gasteiger partial charge in [-0.1, -0.05) is 12.1 Å². The van der Waals surface area contributed by atoms with E-state index in [1.54, 1.807) is 18.1 Å². The summed E-state index contributed by atoms with van der Waals surface area (Å²) in [6.45, 7) is 2.81. The van der Waals surface area contributed by atoms with Gasteiger partial charge in [-0.3, -0.25) is 4.68 Å². The minimum absolute atomic E-state index is 0.233. The quantitative estimate of drug-likeness (QED) is 0.872. The lowest BCUT2D eigenvalue weighted by atomic mass is 10.1. The molecule has 5 heteroatoms. The van der Waals surface area contributed by atoms with Crippen LogP contribution < -0.4 is 10.1 Å². The molecule has 1 N–H and O–H groups in total. The smallest absolute Gasteiger partial charge is 0.140 e. The zero-order valence-corrected chi connectivity index (χ0v) is 10.9. The zero-order chi connectivity index (χ0) is 13.0. The highest BCUT2D eigenvalue weighted by atomic mass is 16.5. The van der Waals surface area contributed by atoms with Crippen LogP contribution in [0.4, 0.5) is 0 Å². The van der Waals surface area contributed by atoms with E-state index in [4.69, 9.17) is 4.74 Å². The van der Waals surface area contributed by atoms with Crippen molar-refractivity contribution >= 4 is 0 Å². The molecule has 1 atom stereocenters. The highest BCUT2D eigenvalue weighted by molar-refractivity contribution is 5.30. The van der Waals surface area contributed by atoms with Crippen molar-refractivity contribution in [3.63, 3.8) is 0 Å². The van der Waals surface area contributed by atoms with E-state index in [2.05, 4.69) is 28.4 Å². The van der Waals surface area contributed by atoms with Crippen molar-refractivity contribution in [2.24, 2.45) is 7.05 Å². The predicted molar refractivity (Wildman–Crippen MR) is 69.3 cm³/mol. The fourth-order valence-electron chi connectivity index (χ4n) is 1.75. The van der Waals surface area contributed by atoms with Gasteiger partial charge in [0, 0.05) is 13.1 Å². The van der Waals surface area contributed by atoms with E-state index in [0.29, 0.717) is 6.54 Å². The molecule has 1 aromatic carbocycles. The molecule has 0 spiro atoms. The molecule has 0 aliphatic carbocycles. The number of hydrogen-bond donors (Lipinski definition) is 1. The monoisotopic (exact) mass is 246 g/mol. The lowest BCUT2D eigenvalue weighted by Gasteiger charge is -2.14. The van der Waals surface area contributed by atoms with Gasteiger partial charge in [0.15, 0.2) is 0 Å². The maximum absolute atomic E-state index is 5.22. The minimum atomic E-state index is 0.233. The maximum Gasteiger partial charge on any atom is 0.140 e. The Kier molecular flexibility index (Phi) is 3.94. The van der Waals surface area contributed by atoms with Crippen LogP contribution in [0.1, 0.15) is 24.4 Å². The average Bonchev–Trinajstić information content (AvgIpc) is 2.81. The average molecular weight is 246 g/mol. The number of aryl methyl sites for hydroxylation is 1. The molecule has 0 bridgehead atoms. The molecule has 0 saturated heterocycles. The van der Waals surface area contributed by atoms with E-state index in [9.17, 15) is 0 Å². The second-order valence-corrected chi connectivity index (χ2v) is 4.18. The maximum atomic E-state index is 5.22. The van der Waals surface area contributed by atoms with Crippen LogP contribution in [0.25, 0.3) is 0 Å². The summed E-state index contributed by atoms with van der Waals surface area (Å²) < 4.78 is 6.99. The Morgan fingerprint density at radius 1 is 1.44 bits per heavy atom. The first kappa shape index (κ1) is 12.6. The van der Waals surface area contributed by atoms with Gasteiger partial charge in [0.1, 0.15) is 17.9 Å². The number of rotatable bonds is 5. The van der Waals surface area contributed by atoms with Crippen molar-refractivity contribution in [1.29, 1.82) is 0 Å². The van der Waals surface area contributed by atoms with Crippen molar-refractivity contribution in [3.8, 4) is 5.75 Å². The molecule has 0 aliphatic rings. The van der Waals surface area contributed by atoms with E-state index in [-0.39, 0.29) is 6.04 Å². The number of ether oxygens (including phenoxy) is 1. The number of nitrogens with one attached hydrogen (secondary N) is 1. The fraction of sp³-hybridized carbons (Fsp3) is 0.385. The van der Waals surface area contributed by atoms with Crippen LogP contribution in [0.3, 0.4) is 0 Å². The van der Waals surface area contributed by atoms with Crippen molar-refractivity contribution < 1.29 is 4.74 Å². The summed E-state index contributed by atoms with van der Waals surface area (Å²) in [6, 6.07) is 8.29. The normalized spacial score (nSPS) is 12.4. The van der Waals surface area contributed by atoms with Crippen molar-refractivity contribution in [1.82, 2.24) is 20.1 Å². The number of benzene rings is 1. The summed E-state index contributed by atoms with van der Waals surface area (Å²) in [5.41, 5.74) is 1.19. The fourth-order valence-corrected chi connectivity index (χ4v) is 1.75. The largest absolute Gasteiger partial charge is 0.497 e. The molecule has 5 nitrogen and oxygen atoms in total. The minimum Gasteiger partial charge on any atom is -0.497 e. The molecule has 2 rings (SSSR count). The van der Waals surface area contributed by atoms with E-state index in [1.807, 2.05) is 25.2 Å². The molecule has 1 heterocycles. The summed E-state index contributed by atoms with van der Waals surface area (Å²) in [5, 5.41) is 7.45. The van der Waals surface area contributed by atoms with Gasteiger partial charge in [0.25, 0.3) is 0 Å². The summed E-state index contributed by atoms with van der Waals surface area (Å²) in [6.07, 6.45) is 1.56. The lowest BCUT2D eigenvalue weighted by molar-refractivity contribution is 0.413. The topological polar surface area (TPSA) is 52.0 Å². The Morgan fingerprint density at radius 2 is 2.28 bits per heavy atom. The van der Waals surface area contributed by atoms with E-state index < -0.39 is 0 Å². The molecule has 0 fully saturated rings. The van der Waals surface area contributed by atoms with Gasteiger partial charge in [-0.25, -0.2) is 4.98 Å². The molecule has 18 heavy (non-hydrogen) atoms. The second-order valence-electron chi connectivity index (χ2n) is 4.18. The lowest BCUT2D eigenvalue weighted by Crippen LogP contribution is -2.20. The Morgan fingerprint density at radius 3 is 2.94 bits per heavy atom. The number of hydrogen-bond acceptors (Lipinski definition) is 4. The zero-order valence-electron chi connectivity index (χ0n) is 10.9. The molecule has 0 saturated carbocycles. The second kappa shape index (κ2) is 5.64. The van der Waals surface area contributed by atoms with Crippen LogP contribution >= 0.6 is 0 Å². The molecule has 0 unspecified atom stereocenters. The standard InChI is InChI=1S/C13H18N4O/c1-10(11-5-4-6-12(7-11)18-3)14-8-13-15-9-16-17(13)2/h4-7,9-10,14H,8H2,1-3H3/t10-/m1/s1. The van der Waals surface area contributed by atoms with E-state index in [1.165, 1.54) is 5.56 Å². The molecule has 1 aromatic heterocycles. The molecule has 2 aromatic rings. The van der Waals surface area contributed by atoms with Gasteiger partial charge in [-0.15, -0.1) is 0 Å². The Labute approximate surface area is 107 Å². The van der Waals surface area contributed by atoms with Gasteiger partial charge < -0.3 is 10.1 Å². The third-order valence-electron chi connectivity index (χ3n) is 2.97. The van der Waals surface area contributed by atoms with Gasteiger partial charge in [-0.05, 0) is 24.6 Å². The molecule has 0 amide bonds. The van der Waals surface area contributed by atoms with E-state index >= 15 is 0 Å². The first-order chi connectivity index (χ1) is 8.70. The van der Waals surface area contributed by atoms with Crippen LogP contribution in [0, 0.1) is 0 Å². The van der Waals surface area contributed by atoms with Crippen molar-refractivity contribution in [2.75, 3.05) is 7.11 Å². The number of nitrogens with zero attached hydrogens (tertiary/aromatic N) is 3. The van der Waals surface area contributed by atoms with Gasteiger partial charge >= 0.3 is 0 Å². The van der Waals surface area contributed by atoms with Gasteiger partial charge in [0.05, 0.1) is 13.7 Å². The van der Waals surface area contributed by atoms with Crippen LogP contribution in [0.15, 0.2) is 30.6 Å². The Hall–Kier alpha value is -1.88. The first-order valence-electron chi connectivity index (χ1n) is 5.91. The highest BCUT2D eigenvalue weighted by Crippen LogP contribution is 2.18. The molecular formula is C13H18N4O. The van der Waals surface area contributed by atoms with Crippen molar-refractivity contribution in [2.45, 2.75) is 19.5 Å². The van der Waals surface area contributed by atoms with Gasteiger partial charge in [-0.2, -0.15) is 5.10 Å². The summed E-state index contributed by atoms with van der Waals surface area (Å²) in [5.74, 6) is 1.80. The van der Waals surface area contributed by atoms with Crippen molar-refractivity contribution in [3.05, 3.63) is 42.0 Å². The summed E-state index contributed by atoms with van der Waals surface area (Å²) in [4.78, 5) is 4.18.